The number of nitrogens with one attached hydrogen (secondary N) is 1. The Morgan fingerprint density at radius 1 is 1.09 bits per heavy atom. The molecule has 0 fully saturated rings. The highest BCUT2D eigenvalue weighted by Crippen LogP contribution is 2.21. The number of anilines is 2. The quantitative estimate of drug-likeness (QED) is 0.724. The van der Waals surface area contributed by atoms with Crippen molar-refractivity contribution >= 4 is 27.6 Å². The molecule has 0 unspecified atom stereocenters. The van der Waals surface area contributed by atoms with Crippen LogP contribution in [0.5, 0.6) is 0 Å². The molecule has 0 radical (unpaired) electrons. The first kappa shape index (κ1) is 14.7. The van der Waals surface area contributed by atoms with Gasteiger partial charge in [-0.25, -0.2) is 0 Å². The van der Waals surface area contributed by atoms with Gasteiger partial charge in [-0.1, -0.05) is 57.4 Å². The Hall–Kier alpha value is -2.18. The van der Waals surface area contributed by atoms with Crippen LogP contribution in [-0.2, 0) is 6.42 Å². The lowest BCUT2D eigenvalue weighted by atomic mass is 10.1. The number of nitrogens with zero attached hydrogens (tertiary/aromatic N) is 2. The van der Waals surface area contributed by atoms with Crippen molar-refractivity contribution in [3.8, 4) is 0 Å². The normalized spacial score (nSPS) is 12.1. The molecule has 0 saturated carbocycles. The first-order valence-corrected chi connectivity index (χ1v) is 7.65. The minimum Gasteiger partial charge on any atom is -0.406 e. The van der Waals surface area contributed by atoms with Crippen LogP contribution in [0.2, 0.25) is 0 Å². The van der Waals surface area contributed by atoms with Gasteiger partial charge in [-0.15, -0.1) is 5.10 Å². The van der Waals surface area contributed by atoms with Crippen LogP contribution in [0.25, 0.3) is 0 Å². The summed E-state index contributed by atoms with van der Waals surface area (Å²) in [4.78, 5) is 0. The summed E-state index contributed by atoms with van der Waals surface area (Å²) in [6.45, 7) is 0. The zero-order valence-corrected chi connectivity index (χ0v) is 13.3. The molecule has 0 bridgehead atoms. The third kappa shape index (κ3) is 3.72. The van der Waals surface area contributed by atoms with Crippen molar-refractivity contribution in [1.29, 1.82) is 0 Å². The Bertz CT molecular complexity index is 745. The summed E-state index contributed by atoms with van der Waals surface area (Å²) in [6.07, 6.45) is 0.652. The Kier molecular flexibility index (Phi) is 4.50. The zero-order valence-electron chi connectivity index (χ0n) is 11.7. The standard InChI is InChI=1S/C16H15BrN4O/c17-12-7-4-8-13(10-12)19-16-21-20-15(22-16)14(18)9-11-5-2-1-3-6-11/h1-8,10,14H,9,18H2,(H,19,21)/t14-/m0/s1. The van der Waals surface area contributed by atoms with Gasteiger partial charge in [0.25, 0.3) is 0 Å². The fourth-order valence-corrected chi connectivity index (χ4v) is 2.48. The summed E-state index contributed by atoms with van der Waals surface area (Å²) >= 11 is 3.41. The van der Waals surface area contributed by atoms with Crippen LogP contribution in [0.3, 0.4) is 0 Å². The molecule has 3 rings (SSSR count). The van der Waals surface area contributed by atoms with Gasteiger partial charge >= 0.3 is 6.01 Å². The molecule has 2 aromatic carbocycles. The fourth-order valence-electron chi connectivity index (χ4n) is 2.08. The van der Waals surface area contributed by atoms with Crippen LogP contribution >= 0.6 is 15.9 Å². The van der Waals surface area contributed by atoms with E-state index < -0.39 is 0 Å². The smallest absolute Gasteiger partial charge is 0.320 e. The van der Waals surface area contributed by atoms with Crippen molar-refractivity contribution in [2.24, 2.45) is 5.73 Å². The molecule has 1 heterocycles. The molecule has 0 aliphatic rings. The second-order valence-corrected chi connectivity index (χ2v) is 5.79. The molecule has 0 aliphatic heterocycles. The van der Waals surface area contributed by atoms with E-state index in [1.165, 1.54) is 0 Å². The van der Waals surface area contributed by atoms with Crippen LogP contribution in [0, 0.1) is 0 Å². The second kappa shape index (κ2) is 6.72. The molecule has 1 atom stereocenters. The van der Waals surface area contributed by atoms with Crippen LogP contribution in [0.15, 0.2) is 63.5 Å². The predicted molar refractivity (Wildman–Crippen MR) is 88.8 cm³/mol. The van der Waals surface area contributed by atoms with E-state index in [0.29, 0.717) is 18.3 Å². The molecule has 22 heavy (non-hydrogen) atoms. The molecule has 0 spiro atoms. The van der Waals surface area contributed by atoms with Gasteiger partial charge in [0.1, 0.15) is 0 Å². The van der Waals surface area contributed by atoms with Gasteiger partial charge in [-0.3, -0.25) is 0 Å². The van der Waals surface area contributed by atoms with Gasteiger partial charge in [0.2, 0.25) is 5.89 Å². The molecule has 3 N–H and O–H groups in total. The monoisotopic (exact) mass is 358 g/mol. The lowest BCUT2D eigenvalue weighted by Gasteiger charge is -2.06. The average Bonchev–Trinajstić information content (AvgIpc) is 2.97. The number of benzene rings is 2. The third-order valence-corrected chi connectivity index (χ3v) is 3.63. The van der Waals surface area contributed by atoms with Crippen molar-refractivity contribution < 1.29 is 4.42 Å². The molecule has 112 valence electrons. The summed E-state index contributed by atoms with van der Waals surface area (Å²) in [5.74, 6) is 0.418. The average molecular weight is 359 g/mol. The van der Waals surface area contributed by atoms with E-state index in [4.69, 9.17) is 10.2 Å². The van der Waals surface area contributed by atoms with E-state index in [1.54, 1.807) is 0 Å². The lowest BCUT2D eigenvalue weighted by Crippen LogP contribution is -2.13. The zero-order chi connectivity index (χ0) is 15.4. The highest BCUT2D eigenvalue weighted by molar-refractivity contribution is 9.10. The number of rotatable bonds is 5. The van der Waals surface area contributed by atoms with Gasteiger partial charge in [0.15, 0.2) is 0 Å². The van der Waals surface area contributed by atoms with Crippen LogP contribution in [0.4, 0.5) is 11.7 Å². The molecule has 0 aliphatic carbocycles. The molecular weight excluding hydrogens is 344 g/mol. The number of hydrogen-bond acceptors (Lipinski definition) is 5. The van der Waals surface area contributed by atoms with Gasteiger partial charge < -0.3 is 15.5 Å². The summed E-state index contributed by atoms with van der Waals surface area (Å²) < 4.78 is 6.56. The van der Waals surface area contributed by atoms with E-state index in [2.05, 4.69) is 31.4 Å². The summed E-state index contributed by atoms with van der Waals surface area (Å²) in [7, 11) is 0. The highest BCUT2D eigenvalue weighted by Gasteiger charge is 2.15. The lowest BCUT2D eigenvalue weighted by molar-refractivity contribution is 0.459. The van der Waals surface area contributed by atoms with E-state index in [9.17, 15) is 0 Å². The second-order valence-electron chi connectivity index (χ2n) is 4.88. The van der Waals surface area contributed by atoms with E-state index >= 15 is 0 Å². The van der Waals surface area contributed by atoms with E-state index in [0.717, 1.165) is 15.7 Å². The van der Waals surface area contributed by atoms with Gasteiger partial charge in [0, 0.05) is 10.2 Å². The summed E-state index contributed by atoms with van der Waals surface area (Å²) in [5.41, 5.74) is 8.12. The summed E-state index contributed by atoms with van der Waals surface area (Å²) in [6, 6.07) is 17.7. The topological polar surface area (TPSA) is 77.0 Å². The van der Waals surface area contributed by atoms with Gasteiger partial charge in [-0.05, 0) is 30.2 Å². The number of nitrogens with two attached hydrogens (primary N) is 1. The Morgan fingerprint density at radius 2 is 1.91 bits per heavy atom. The van der Waals surface area contributed by atoms with Crippen molar-refractivity contribution in [3.63, 3.8) is 0 Å². The first-order chi connectivity index (χ1) is 10.7. The molecule has 0 saturated heterocycles. The highest BCUT2D eigenvalue weighted by atomic mass is 79.9. The fraction of sp³-hybridized carbons (Fsp3) is 0.125. The van der Waals surface area contributed by atoms with Crippen LogP contribution < -0.4 is 11.1 Å². The third-order valence-electron chi connectivity index (χ3n) is 3.13. The Labute approximate surface area is 136 Å². The molecular formula is C16H15BrN4O. The minimum atomic E-state index is -0.326. The van der Waals surface area contributed by atoms with Crippen molar-refractivity contribution in [2.75, 3.05) is 5.32 Å². The molecule has 5 nitrogen and oxygen atoms in total. The SMILES string of the molecule is N[C@@H](Cc1ccccc1)c1nnc(Nc2cccc(Br)c2)o1. The maximum Gasteiger partial charge on any atom is 0.320 e. The van der Waals surface area contributed by atoms with Crippen molar-refractivity contribution in [1.82, 2.24) is 10.2 Å². The van der Waals surface area contributed by atoms with Crippen LogP contribution in [-0.4, -0.2) is 10.2 Å². The maximum absolute atomic E-state index is 6.13. The number of halogens is 1. The summed E-state index contributed by atoms with van der Waals surface area (Å²) in [5, 5.41) is 11.1. The minimum absolute atomic E-state index is 0.326. The maximum atomic E-state index is 6.13. The first-order valence-electron chi connectivity index (χ1n) is 6.86. The Balaban J connectivity index is 1.68. The van der Waals surface area contributed by atoms with Crippen LogP contribution in [0.1, 0.15) is 17.5 Å². The molecule has 1 aromatic heterocycles. The molecule has 6 heteroatoms. The van der Waals surface area contributed by atoms with Crippen molar-refractivity contribution in [2.45, 2.75) is 12.5 Å². The van der Waals surface area contributed by atoms with Crippen molar-refractivity contribution in [3.05, 3.63) is 70.5 Å². The predicted octanol–water partition coefficient (Wildman–Crippen LogP) is 3.82. The van der Waals surface area contributed by atoms with Gasteiger partial charge in [-0.2, -0.15) is 0 Å². The molecule has 0 amide bonds. The largest absolute Gasteiger partial charge is 0.406 e. The Morgan fingerprint density at radius 3 is 2.68 bits per heavy atom. The number of aromatic nitrogens is 2. The van der Waals surface area contributed by atoms with Gasteiger partial charge in [0.05, 0.1) is 6.04 Å². The van der Waals surface area contributed by atoms with E-state index in [1.807, 2.05) is 54.6 Å². The molecule has 3 aromatic rings. The number of hydrogen-bond donors (Lipinski definition) is 2. The van der Waals surface area contributed by atoms with E-state index in [-0.39, 0.29) is 6.04 Å².